The van der Waals surface area contributed by atoms with Gasteiger partial charge in [-0.25, -0.2) is 0 Å². The zero-order chi connectivity index (χ0) is 14.7. The molecule has 0 spiro atoms. The molecule has 2 N–H and O–H groups in total. The van der Waals surface area contributed by atoms with Crippen LogP contribution in [-0.2, 0) is 6.54 Å². The van der Waals surface area contributed by atoms with E-state index < -0.39 is 7.12 Å². The Morgan fingerprint density at radius 2 is 2.05 bits per heavy atom. The number of hydrogen-bond acceptors (Lipinski definition) is 4. The zero-order valence-electron chi connectivity index (χ0n) is 12.5. The molecule has 0 amide bonds. The highest BCUT2D eigenvalue weighted by molar-refractivity contribution is 6.59. The summed E-state index contributed by atoms with van der Waals surface area (Å²) < 4.78 is 5.24. The van der Waals surface area contributed by atoms with Crippen molar-refractivity contribution < 1.29 is 14.8 Å². The Morgan fingerprint density at radius 1 is 1.35 bits per heavy atom. The predicted molar refractivity (Wildman–Crippen MR) is 81.1 cm³/mol. The maximum absolute atomic E-state index is 9.51. The van der Waals surface area contributed by atoms with Gasteiger partial charge in [-0.05, 0) is 55.8 Å². The minimum absolute atomic E-state index is 0.436. The number of hydrogen-bond donors (Lipinski definition) is 2. The highest BCUT2D eigenvalue weighted by Gasteiger charge is 2.26. The van der Waals surface area contributed by atoms with Gasteiger partial charge in [-0.2, -0.15) is 0 Å². The van der Waals surface area contributed by atoms with Gasteiger partial charge in [0.2, 0.25) is 0 Å². The van der Waals surface area contributed by atoms with Crippen molar-refractivity contribution in [3.63, 3.8) is 0 Å². The van der Waals surface area contributed by atoms with E-state index in [1.165, 1.54) is 12.8 Å². The SMILES string of the molecule is COc1ccc(B(O)O)c(CN(CC2CC2)C(C)C)c1. The van der Waals surface area contributed by atoms with E-state index in [9.17, 15) is 10.0 Å². The van der Waals surface area contributed by atoms with Crippen LogP contribution in [0.15, 0.2) is 18.2 Å². The summed E-state index contributed by atoms with van der Waals surface area (Å²) in [6.45, 7) is 6.16. The van der Waals surface area contributed by atoms with Gasteiger partial charge < -0.3 is 14.8 Å². The summed E-state index contributed by atoms with van der Waals surface area (Å²) in [6, 6.07) is 5.83. The van der Waals surface area contributed by atoms with Crippen LogP contribution < -0.4 is 10.2 Å². The summed E-state index contributed by atoms with van der Waals surface area (Å²) in [5.74, 6) is 1.56. The van der Waals surface area contributed by atoms with Crippen LogP contribution in [0.1, 0.15) is 32.3 Å². The summed E-state index contributed by atoms with van der Waals surface area (Å²) in [7, 11) is 0.185. The Hall–Kier alpha value is -1.04. The molecule has 110 valence electrons. The molecule has 1 saturated carbocycles. The topological polar surface area (TPSA) is 52.9 Å². The standard InChI is InChI=1S/C15H24BNO3/c1-11(2)17(9-12-4-5-12)10-13-8-14(20-3)6-7-15(13)16(18)19/h6-8,11-12,18-19H,4-5,9-10H2,1-3H3. The largest absolute Gasteiger partial charge is 0.497 e. The van der Waals surface area contributed by atoms with Gasteiger partial charge in [0.25, 0.3) is 0 Å². The molecule has 2 rings (SSSR count). The Kier molecular flexibility index (Phi) is 5.08. The Morgan fingerprint density at radius 3 is 2.55 bits per heavy atom. The number of benzene rings is 1. The van der Waals surface area contributed by atoms with Crippen LogP contribution in [0.2, 0.25) is 0 Å². The van der Waals surface area contributed by atoms with Crippen molar-refractivity contribution in [1.29, 1.82) is 0 Å². The normalized spacial score (nSPS) is 14.9. The maximum Gasteiger partial charge on any atom is 0.488 e. The lowest BCUT2D eigenvalue weighted by Gasteiger charge is -2.27. The molecular formula is C15H24BNO3. The lowest BCUT2D eigenvalue weighted by atomic mass is 9.76. The quantitative estimate of drug-likeness (QED) is 0.730. The fraction of sp³-hybridized carbons (Fsp3) is 0.600. The first kappa shape index (κ1) is 15.4. The highest BCUT2D eigenvalue weighted by atomic mass is 16.5. The molecule has 4 nitrogen and oxygen atoms in total. The lowest BCUT2D eigenvalue weighted by Crippen LogP contribution is -2.38. The molecule has 0 bridgehead atoms. The van der Waals surface area contributed by atoms with Gasteiger partial charge in [0.1, 0.15) is 5.75 Å². The van der Waals surface area contributed by atoms with Crippen LogP contribution in [0.3, 0.4) is 0 Å². The monoisotopic (exact) mass is 277 g/mol. The summed E-state index contributed by atoms with van der Waals surface area (Å²) in [5.41, 5.74) is 1.49. The van der Waals surface area contributed by atoms with Crippen molar-refractivity contribution in [1.82, 2.24) is 4.90 Å². The average molecular weight is 277 g/mol. The summed E-state index contributed by atoms with van der Waals surface area (Å²) in [5, 5.41) is 19.0. The smallest absolute Gasteiger partial charge is 0.488 e. The van der Waals surface area contributed by atoms with Crippen molar-refractivity contribution in [3.8, 4) is 5.75 Å². The molecule has 0 atom stereocenters. The van der Waals surface area contributed by atoms with Crippen LogP contribution in [0.5, 0.6) is 5.75 Å². The summed E-state index contributed by atoms with van der Waals surface area (Å²) >= 11 is 0. The van der Waals surface area contributed by atoms with E-state index >= 15 is 0 Å². The zero-order valence-corrected chi connectivity index (χ0v) is 12.5. The molecule has 1 aliphatic carbocycles. The number of nitrogens with zero attached hydrogens (tertiary/aromatic N) is 1. The van der Waals surface area contributed by atoms with Crippen LogP contribution in [0.25, 0.3) is 0 Å². The summed E-state index contributed by atoms with van der Waals surface area (Å²) in [4.78, 5) is 2.39. The molecule has 0 aromatic heterocycles. The third kappa shape index (κ3) is 3.98. The average Bonchev–Trinajstić information content (AvgIpc) is 3.21. The van der Waals surface area contributed by atoms with Crippen LogP contribution in [-0.4, -0.2) is 41.8 Å². The third-order valence-corrected chi connectivity index (χ3v) is 3.92. The first-order valence-electron chi connectivity index (χ1n) is 7.28. The first-order chi connectivity index (χ1) is 9.51. The first-order valence-corrected chi connectivity index (χ1v) is 7.28. The predicted octanol–water partition coefficient (Wildman–Crippen LogP) is 0.995. The minimum Gasteiger partial charge on any atom is -0.497 e. The van der Waals surface area contributed by atoms with Crippen LogP contribution in [0.4, 0.5) is 0 Å². The molecule has 0 radical (unpaired) electrons. The molecule has 0 heterocycles. The second kappa shape index (κ2) is 6.61. The Labute approximate surface area is 121 Å². The van der Waals surface area contributed by atoms with E-state index in [-0.39, 0.29) is 0 Å². The van der Waals surface area contributed by atoms with E-state index in [2.05, 4.69) is 18.7 Å². The van der Waals surface area contributed by atoms with E-state index in [0.717, 1.165) is 30.3 Å². The highest BCUT2D eigenvalue weighted by Crippen LogP contribution is 2.30. The van der Waals surface area contributed by atoms with E-state index in [1.807, 2.05) is 6.07 Å². The third-order valence-electron chi connectivity index (χ3n) is 3.92. The van der Waals surface area contributed by atoms with E-state index in [0.29, 0.717) is 11.5 Å². The van der Waals surface area contributed by atoms with Gasteiger partial charge in [-0.1, -0.05) is 6.07 Å². The molecule has 0 unspecified atom stereocenters. The van der Waals surface area contributed by atoms with E-state index in [4.69, 9.17) is 4.74 Å². The molecule has 1 aromatic carbocycles. The minimum atomic E-state index is -1.44. The van der Waals surface area contributed by atoms with Crippen molar-refractivity contribution in [3.05, 3.63) is 23.8 Å². The van der Waals surface area contributed by atoms with Gasteiger partial charge in [0.15, 0.2) is 0 Å². The summed E-state index contributed by atoms with van der Waals surface area (Å²) in [6.07, 6.45) is 2.63. The number of methoxy groups -OCH3 is 1. The van der Waals surface area contributed by atoms with Crippen molar-refractivity contribution in [2.75, 3.05) is 13.7 Å². The molecular weight excluding hydrogens is 253 g/mol. The van der Waals surface area contributed by atoms with Crippen molar-refractivity contribution in [2.45, 2.75) is 39.3 Å². The maximum atomic E-state index is 9.51. The molecule has 1 fully saturated rings. The Bertz CT molecular complexity index is 447. The lowest BCUT2D eigenvalue weighted by molar-refractivity contribution is 0.204. The van der Waals surface area contributed by atoms with Crippen molar-refractivity contribution >= 4 is 12.6 Å². The molecule has 0 aliphatic heterocycles. The molecule has 5 heteroatoms. The van der Waals surface area contributed by atoms with Crippen LogP contribution in [0, 0.1) is 5.92 Å². The van der Waals surface area contributed by atoms with Crippen molar-refractivity contribution in [2.24, 2.45) is 5.92 Å². The fourth-order valence-electron chi connectivity index (χ4n) is 2.41. The van der Waals surface area contributed by atoms with Gasteiger partial charge in [0, 0.05) is 19.1 Å². The Balaban J connectivity index is 2.19. The van der Waals surface area contributed by atoms with Gasteiger partial charge in [-0.15, -0.1) is 0 Å². The number of rotatable bonds is 7. The van der Waals surface area contributed by atoms with Gasteiger partial charge >= 0.3 is 7.12 Å². The molecule has 1 aromatic rings. The molecule has 0 saturated heterocycles. The molecule has 1 aliphatic rings. The van der Waals surface area contributed by atoms with Gasteiger partial charge in [-0.3, -0.25) is 4.90 Å². The second-order valence-electron chi connectivity index (χ2n) is 5.90. The fourth-order valence-corrected chi connectivity index (χ4v) is 2.41. The van der Waals surface area contributed by atoms with Gasteiger partial charge in [0.05, 0.1) is 7.11 Å². The number of ether oxygens (including phenoxy) is 1. The molecule has 20 heavy (non-hydrogen) atoms. The van der Waals surface area contributed by atoms with Crippen LogP contribution >= 0.6 is 0 Å². The second-order valence-corrected chi connectivity index (χ2v) is 5.90. The van der Waals surface area contributed by atoms with E-state index in [1.54, 1.807) is 19.2 Å².